The van der Waals surface area contributed by atoms with Crippen LogP contribution < -0.4 is 0 Å². The maximum Gasteiger partial charge on any atom is 0.313 e. The van der Waals surface area contributed by atoms with Crippen LogP contribution in [0.15, 0.2) is 6.07 Å². The first-order valence-corrected chi connectivity index (χ1v) is 5.29. The summed E-state index contributed by atoms with van der Waals surface area (Å²) in [6.07, 6.45) is 0.547. The Labute approximate surface area is 95.0 Å². The average Bonchev–Trinajstić information content (AvgIpc) is 2.44. The summed E-state index contributed by atoms with van der Waals surface area (Å²) in [5.41, 5.74) is 3.34. The van der Waals surface area contributed by atoms with Gasteiger partial charge in [-0.05, 0) is 32.4 Å². The van der Waals surface area contributed by atoms with Crippen LogP contribution in [0.4, 0.5) is 0 Å². The molecule has 0 bridgehead atoms. The first kappa shape index (κ1) is 12.5. The molecule has 16 heavy (non-hydrogen) atoms. The number of nitrogens with one attached hydrogen (secondary N) is 1. The molecule has 1 rings (SSSR count). The number of Topliss-reactive ketones (excluding diaryl/α,β-unsaturated/α-hetero) is 1. The maximum atomic E-state index is 11.1. The molecule has 0 aliphatic carbocycles. The van der Waals surface area contributed by atoms with Crippen molar-refractivity contribution in [3.05, 3.63) is 23.0 Å². The average molecular weight is 223 g/mol. The van der Waals surface area contributed by atoms with E-state index in [0.717, 1.165) is 17.0 Å². The molecule has 0 aliphatic heterocycles. The number of hydrogen-bond donors (Lipinski definition) is 1. The van der Waals surface area contributed by atoms with Crippen molar-refractivity contribution in [2.45, 2.75) is 33.6 Å². The van der Waals surface area contributed by atoms with Crippen LogP contribution in [-0.4, -0.2) is 23.3 Å². The SMILES string of the molecule is CC(=O)CC(=O)OCCc1cc(C)[nH]c1C. The number of ether oxygens (including phenoxy) is 1. The largest absolute Gasteiger partial charge is 0.465 e. The number of ketones is 1. The van der Waals surface area contributed by atoms with Gasteiger partial charge >= 0.3 is 5.97 Å². The van der Waals surface area contributed by atoms with Gasteiger partial charge in [0, 0.05) is 17.8 Å². The maximum absolute atomic E-state index is 11.1. The van der Waals surface area contributed by atoms with Crippen LogP contribution in [0.1, 0.15) is 30.3 Å². The molecule has 0 atom stereocenters. The van der Waals surface area contributed by atoms with Crippen molar-refractivity contribution in [3.8, 4) is 0 Å². The van der Waals surface area contributed by atoms with Gasteiger partial charge in [-0.15, -0.1) is 0 Å². The van der Waals surface area contributed by atoms with E-state index in [0.29, 0.717) is 13.0 Å². The molecule has 0 spiro atoms. The number of esters is 1. The third-order valence-electron chi connectivity index (χ3n) is 2.28. The van der Waals surface area contributed by atoms with Crippen molar-refractivity contribution in [2.75, 3.05) is 6.61 Å². The topological polar surface area (TPSA) is 59.2 Å². The van der Waals surface area contributed by atoms with Gasteiger partial charge in [0.1, 0.15) is 12.2 Å². The van der Waals surface area contributed by atoms with Crippen molar-refractivity contribution in [3.63, 3.8) is 0 Å². The second-order valence-electron chi connectivity index (χ2n) is 3.95. The summed E-state index contributed by atoms with van der Waals surface area (Å²) >= 11 is 0. The number of rotatable bonds is 5. The van der Waals surface area contributed by atoms with Crippen LogP contribution in [-0.2, 0) is 20.7 Å². The van der Waals surface area contributed by atoms with E-state index in [2.05, 4.69) is 4.98 Å². The Bertz CT molecular complexity index is 393. The normalized spacial score (nSPS) is 10.2. The minimum atomic E-state index is -0.447. The molecular weight excluding hydrogens is 206 g/mol. The molecule has 0 aliphatic rings. The van der Waals surface area contributed by atoms with E-state index in [1.165, 1.54) is 6.92 Å². The summed E-state index contributed by atoms with van der Waals surface area (Å²) in [4.78, 5) is 24.9. The van der Waals surface area contributed by atoms with Gasteiger partial charge in [0.2, 0.25) is 0 Å². The standard InChI is InChI=1S/C12H17NO3/c1-8-6-11(10(3)13-8)4-5-16-12(15)7-9(2)14/h6,13H,4-5,7H2,1-3H3. The molecule has 1 aromatic rings. The molecule has 88 valence electrons. The first-order valence-electron chi connectivity index (χ1n) is 5.29. The fourth-order valence-electron chi connectivity index (χ4n) is 1.57. The third kappa shape index (κ3) is 3.88. The highest BCUT2D eigenvalue weighted by molar-refractivity contribution is 5.94. The van der Waals surface area contributed by atoms with Crippen LogP contribution in [0.2, 0.25) is 0 Å². The molecule has 0 fully saturated rings. The number of carbonyl (C=O) groups excluding carboxylic acids is 2. The van der Waals surface area contributed by atoms with Gasteiger partial charge in [-0.1, -0.05) is 0 Å². The molecular formula is C12H17NO3. The van der Waals surface area contributed by atoms with Crippen molar-refractivity contribution < 1.29 is 14.3 Å². The molecule has 1 N–H and O–H groups in total. The second kappa shape index (κ2) is 5.49. The zero-order valence-corrected chi connectivity index (χ0v) is 9.92. The number of aromatic nitrogens is 1. The van der Waals surface area contributed by atoms with Crippen molar-refractivity contribution in [1.82, 2.24) is 4.98 Å². The predicted molar refractivity (Wildman–Crippen MR) is 60.2 cm³/mol. The highest BCUT2D eigenvalue weighted by atomic mass is 16.5. The van der Waals surface area contributed by atoms with Gasteiger partial charge in [-0.25, -0.2) is 0 Å². The van der Waals surface area contributed by atoms with Crippen LogP contribution in [0, 0.1) is 13.8 Å². The summed E-state index contributed by atoms with van der Waals surface area (Å²) < 4.78 is 4.95. The van der Waals surface area contributed by atoms with E-state index in [4.69, 9.17) is 4.74 Å². The number of H-pyrrole nitrogens is 1. The van der Waals surface area contributed by atoms with Crippen LogP contribution in [0.25, 0.3) is 0 Å². The minimum absolute atomic E-state index is 0.134. The van der Waals surface area contributed by atoms with Gasteiger partial charge in [0.25, 0.3) is 0 Å². The van der Waals surface area contributed by atoms with E-state index < -0.39 is 5.97 Å². The Morgan fingerprint density at radius 2 is 2.06 bits per heavy atom. The van der Waals surface area contributed by atoms with Crippen molar-refractivity contribution in [2.24, 2.45) is 0 Å². The minimum Gasteiger partial charge on any atom is -0.465 e. The Morgan fingerprint density at radius 3 is 2.56 bits per heavy atom. The van der Waals surface area contributed by atoms with Gasteiger partial charge in [-0.3, -0.25) is 9.59 Å². The summed E-state index contributed by atoms with van der Waals surface area (Å²) in [6, 6.07) is 2.04. The van der Waals surface area contributed by atoms with E-state index in [1.54, 1.807) is 0 Å². The van der Waals surface area contributed by atoms with Crippen LogP contribution >= 0.6 is 0 Å². The monoisotopic (exact) mass is 223 g/mol. The smallest absolute Gasteiger partial charge is 0.313 e. The van der Waals surface area contributed by atoms with Gasteiger partial charge in [0.15, 0.2) is 0 Å². The fraction of sp³-hybridized carbons (Fsp3) is 0.500. The molecule has 1 aromatic heterocycles. The van der Waals surface area contributed by atoms with Crippen molar-refractivity contribution >= 4 is 11.8 Å². The highest BCUT2D eigenvalue weighted by Crippen LogP contribution is 2.09. The van der Waals surface area contributed by atoms with E-state index in [9.17, 15) is 9.59 Å². The number of carbonyl (C=O) groups is 2. The first-order chi connectivity index (χ1) is 7.49. The Kier molecular flexibility index (Phi) is 4.28. The summed E-state index contributed by atoms with van der Waals surface area (Å²) in [7, 11) is 0. The number of aromatic amines is 1. The molecule has 0 radical (unpaired) electrons. The molecule has 0 amide bonds. The Morgan fingerprint density at radius 1 is 1.38 bits per heavy atom. The van der Waals surface area contributed by atoms with Gasteiger partial charge < -0.3 is 9.72 Å². The third-order valence-corrected chi connectivity index (χ3v) is 2.28. The number of hydrogen-bond acceptors (Lipinski definition) is 3. The van der Waals surface area contributed by atoms with E-state index >= 15 is 0 Å². The fourth-order valence-corrected chi connectivity index (χ4v) is 1.57. The summed E-state index contributed by atoms with van der Waals surface area (Å²) in [6.45, 7) is 5.67. The molecule has 0 unspecified atom stereocenters. The molecule has 0 saturated heterocycles. The zero-order chi connectivity index (χ0) is 12.1. The lowest BCUT2D eigenvalue weighted by atomic mass is 10.2. The highest BCUT2D eigenvalue weighted by Gasteiger charge is 2.07. The molecule has 1 heterocycles. The van der Waals surface area contributed by atoms with E-state index in [1.807, 2.05) is 19.9 Å². The molecule has 0 saturated carbocycles. The Hall–Kier alpha value is -1.58. The summed E-state index contributed by atoms with van der Waals surface area (Å²) in [5.74, 6) is -0.615. The molecule has 4 heteroatoms. The zero-order valence-electron chi connectivity index (χ0n) is 9.92. The van der Waals surface area contributed by atoms with Crippen LogP contribution in [0.5, 0.6) is 0 Å². The van der Waals surface area contributed by atoms with Gasteiger partial charge in [0.05, 0.1) is 6.61 Å². The second-order valence-corrected chi connectivity index (χ2v) is 3.95. The van der Waals surface area contributed by atoms with Crippen LogP contribution in [0.3, 0.4) is 0 Å². The number of aryl methyl sites for hydroxylation is 2. The lowest BCUT2D eigenvalue weighted by Gasteiger charge is -2.03. The van der Waals surface area contributed by atoms with Crippen molar-refractivity contribution in [1.29, 1.82) is 0 Å². The van der Waals surface area contributed by atoms with Gasteiger partial charge in [-0.2, -0.15) is 0 Å². The lowest BCUT2D eigenvalue weighted by Crippen LogP contribution is -2.11. The lowest BCUT2D eigenvalue weighted by molar-refractivity contribution is -0.145. The quantitative estimate of drug-likeness (QED) is 0.610. The predicted octanol–water partition coefficient (Wildman–Crippen LogP) is 1.70. The molecule has 4 nitrogen and oxygen atoms in total. The van der Waals surface area contributed by atoms with E-state index in [-0.39, 0.29) is 12.2 Å². The summed E-state index contributed by atoms with van der Waals surface area (Å²) in [5, 5.41) is 0. The molecule has 0 aromatic carbocycles. The Balaban J connectivity index is 2.33.